The maximum Gasteiger partial charge on any atom is 0.332 e. The van der Waals surface area contributed by atoms with E-state index < -0.39 is 6.03 Å². The Balaban J connectivity index is 2.68. The molecule has 0 fully saturated rings. The molecule has 6 nitrogen and oxygen atoms in total. The third kappa shape index (κ3) is 5.35. The van der Waals surface area contributed by atoms with E-state index >= 15 is 0 Å². The van der Waals surface area contributed by atoms with Crippen molar-refractivity contribution in [2.75, 3.05) is 11.9 Å². The maximum atomic E-state index is 10.5. The van der Waals surface area contributed by atoms with Crippen LogP contribution in [-0.2, 0) is 0 Å². The summed E-state index contributed by atoms with van der Waals surface area (Å²) in [6, 6.07) is 6.81. The first-order valence-electron chi connectivity index (χ1n) is 5.78. The molecule has 0 bridgehead atoms. The van der Waals surface area contributed by atoms with Crippen LogP contribution in [0.25, 0.3) is 0 Å². The zero-order chi connectivity index (χ0) is 14.3. The first-order chi connectivity index (χ1) is 9.02. The second-order valence-electron chi connectivity index (χ2n) is 3.74. The van der Waals surface area contributed by atoms with Crippen LogP contribution in [0.15, 0.2) is 29.4 Å². The number of rotatable bonds is 4. The predicted octanol–water partition coefficient (Wildman–Crippen LogP) is 1.39. The third-order valence-corrected chi connectivity index (χ3v) is 2.48. The van der Waals surface area contributed by atoms with Crippen molar-refractivity contribution in [3.63, 3.8) is 0 Å². The lowest BCUT2D eigenvalue weighted by Gasteiger charge is -2.09. The molecular weight excluding hydrogens is 262 g/mol. The van der Waals surface area contributed by atoms with E-state index in [0.29, 0.717) is 10.8 Å². The Bertz CT molecular complexity index is 483. The Kier molecular flexibility index (Phi) is 5.74. The number of hydrogen-bond donors (Lipinski definition) is 4. The van der Waals surface area contributed by atoms with Gasteiger partial charge in [0.1, 0.15) is 0 Å². The average molecular weight is 279 g/mol. The lowest BCUT2D eigenvalue weighted by molar-refractivity contribution is 0.249. The molecule has 1 rings (SSSR count). The minimum atomic E-state index is -0.686. The fourth-order valence-corrected chi connectivity index (χ4v) is 1.60. The zero-order valence-electron chi connectivity index (χ0n) is 10.9. The molecule has 5 N–H and O–H groups in total. The molecular formula is C12H17N5OS. The molecule has 7 heteroatoms. The molecule has 0 aliphatic rings. The number of nitrogens with zero attached hydrogens (tertiary/aromatic N) is 1. The van der Waals surface area contributed by atoms with E-state index in [1.807, 2.05) is 31.2 Å². The average Bonchev–Trinajstić information content (AvgIpc) is 2.37. The first-order valence-corrected chi connectivity index (χ1v) is 6.18. The minimum absolute atomic E-state index is 0.580. The second kappa shape index (κ2) is 7.32. The molecule has 2 amide bonds. The Hall–Kier alpha value is -2.15. The van der Waals surface area contributed by atoms with Crippen molar-refractivity contribution in [3.8, 4) is 0 Å². The van der Waals surface area contributed by atoms with Gasteiger partial charge in [-0.3, -0.25) is 0 Å². The predicted molar refractivity (Wildman–Crippen MR) is 81.3 cm³/mol. The van der Waals surface area contributed by atoms with Crippen LogP contribution in [0.5, 0.6) is 0 Å². The van der Waals surface area contributed by atoms with E-state index in [1.165, 1.54) is 0 Å². The maximum absolute atomic E-state index is 10.5. The fourth-order valence-electron chi connectivity index (χ4n) is 1.33. The van der Waals surface area contributed by atoms with Crippen molar-refractivity contribution in [1.29, 1.82) is 0 Å². The highest BCUT2D eigenvalue weighted by Gasteiger charge is 2.00. The van der Waals surface area contributed by atoms with Gasteiger partial charge in [-0.05, 0) is 43.8 Å². The van der Waals surface area contributed by atoms with Crippen LogP contribution in [-0.4, -0.2) is 23.4 Å². The van der Waals surface area contributed by atoms with Crippen molar-refractivity contribution in [3.05, 3.63) is 29.8 Å². The van der Waals surface area contributed by atoms with Gasteiger partial charge in [0.15, 0.2) is 5.11 Å². The van der Waals surface area contributed by atoms with E-state index in [0.717, 1.165) is 17.8 Å². The normalized spacial score (nSPS) is 10.7. The summed E-state index contributed by atoms with van der Waals surface area (Å²) in [5, 5.41) is 10.5. The van der Waals surface area contributed by atoms with Crippen molar-refractivity contribution in [2.45, 2.75) is 13.8 Å². The molecule has 0 saturated heterocycles. The molecule has 0 atom stereocenters. The number of benzene rings is 1. The molecule has 1 aromatic rings. The van der Waals surface area contributed by atoms with Gasteiger partial charge >= 0.3 is 6.03 Å². The highest BCUT2D eigenvalue weighted by atomic mass is 32.1. The summed E-state index contributed by atoms with van der Waals surface area (Å²) in [6.07, 6.45) is 0. The van der Waals surface area contributed by atoms with Gasteiger partial charge < -0.3 is 16.4 Å². The number of anilines is 1. The third-order valence-electron chi connectivity index (χ3n) is 2.23. The number of nitrogens with two attached hydrogens (primary N) is 1. The Morgan fingerprint density at radius 3 is 2.53 bits per heavy atom. The van der Waals surface area contributed by atoms with Gasteiger partial charge in [-0.1, -0.05) is 12.1 Å². The number of carbonyl (C=O) groups is 1. The lowest BCUT2D eigenvalue weighted by Crippen LogP contribution is -2.27. The van der Waals surface area contributed by atoms with Gasteiger partial charge in [0.05, 0.1) is 5.71 Å². The second-order valence-corrected chi connectivity index (χ2v) is 4.14. The SMILES string of the molecule is CCNC(=S)Nc1ccc(/C(C)=N/NC(N)=O)cc1. The van der Waals surface area contributed by atoms with Crippen molar-refractivity contribution in [1.82, 2.24) is 10.7 Å². The molecule has 0 aliphatic heterocycles. The molecule has 0 radical (unpaired) electrons. The van der Waals surface area contributed by atoms with Gasteiger partial charge in [-0.15, -0.1) is 0 Å². The Morgan fingerprint density at radius 1 is 1.37 bits per heavy atom. The summed E-state index contributed by atoms with van der Waals surface area (Å²) in [6.45, 7) is 4.53. The van der Waals surface area contributed by atoms with Crippen LogP contribution >= 0.6 is 12.2 Å². The highest BCUT2D eigenvalue weighted by Crippen LogP contribution is 2.10. The van der Waals surface area contributed by atoms with Gasteiger partial charge in [-0.25, -0.2) is 10.2 Å². The number of carbonyl (C=O) groups excluding carboxylic acids is 1. The van der Waals surface area contributed by atoms with Crippen LogP contribution < -0.4 is 21.8 Å². The molecule has 102 valence electrons. The number of hydrogen-bond acceptors (Lipinski definition) is 3. The minimum Gasteiger partial charge on any atom is -0.363 e. The number of thiocarbonyl (C=S) groups is 1. The number of amides is 2. The smallest absolute Gasteiger partial charge is 0.332 e. The van der Waals surface area contributed by atoms with Crippen LogP contribution in [0.3, 0.4) is 0 Å². The zero-order valence-corrected chi connectivity index (χ0v) is 11.7. The van der Waals surface area contributed by atoms with Crippen LogP contribution in [0.2, 0.25) is 0 Å². The van der Waals surface area contributed by atoms with E-state index in [-0.39, 0.29) is 0 Å². The number of primary amides is 1. The van der Waals surface area contributed by atoms with Crippen LogP contribution in [0.1, 0.15) is 19.4 Å². The summed E-state index contributed by atoms with van der Waals surface area (Å²) in [4.78, 5) is 10.5. The lowest BCUT2D eigenvalue weighted by atomic mass is 10.1. The fraction of sp³-hybridized carbons (Fsp3) is 0.250. The van der Waals surface area contributed by atoms with E-state index in [2.05, 4.69) is 21.2 Å². The van der Waals surface area contributed by atoms with Gasteiger partial charge in [0.25, 0.3) is 0 Å². The quantitative estimate of drug-likeness (QED) is 0.381. The monoisotopic (exact) mass is 279 g/mol. The van der Waals surface area contributed by atoms with Crippen LogP contribution in [0, 0.1) is 0 Å². The standard InChI is InChI=1S/C12H17N5OS/c1-3-14-12(19)15-10-6-4-9(5-7-10)8(2)16-17-11(13)18/h4-7H,3H2,1-2H3,(H3,13,17,18)(H2,14,15,19)/b16-8+. The summed E-state index contributed by atoms with van der Waals surface area (Å²) in [5.41, 5.74) is 9.55. The molecule has 0 aliphatic carbocycles. The molecule has 0 aromatic heterocycles. The number of urea groups is 1. The van der Waals surface area contributed by atoms with Crippen molar-refractivity contribution >= 4 is 34.8 Å². The topological polar surface area (TPSA) is 91.5 Å². The summed E-state index contributed by atoms with van der Waals surface area (Å²) in [5.74, 6) is 0. The first kappa shape index (κ1) is 14.9. The van der Waals surface area contributed by atoms with Crippen molar-refractivity contribution < 1.29 is 4.79 Å². The number of nitrogens with one attached hydrogen (secondary N) is 3. The Labute approximate surface area is 117 Å². The summed E-state index contributed by atoms with van der Waals surface area (Å²) < 4.78 is 0. The van der Waals surface area contributed by atoms with Crippen molar-refractivity contribution in [2.24, 2.45) is 10.8 Å². The van der Waals surface area contributed by atoms with Gasteiger partial charge in [0.2, 0.25) is 0 Å². The molecule has 0 spiro atoms. The Morgan fingerprint density at radius 2 is 2.00 bits per heavy atom. The highest BCUT2D eigenvalue weighted by molar-refractivity contribution is 7.80. The molecule has 1 aromatic carbocycles. The molecule has 0 heterocycles. The van der Waals surface area contributed by atoms with Gasteiger partial charge in [0, 0.05) is 12.2 Å². The number of hydrazone groups is 1. The molecule has 19 heavy (non-hydrogen) atoms. The summed E-state index contributed by atoms with van der Waals surface area (Å²) >= 11 is 5.08. The van der Waals surface area contributed by atoms with E-state index in [9.17, 15) is 4.79 Å². The van der Waals surface area contributed by atoms with Gasteiger partial charge in [-0.2, -0.15) is 5.10 Å². The summed E-state index contributed by atoms with van der Waals surface area (Å²) in [7, 11) is 0. The van der Waals surface area contributed by atoms with E-state index in [1.54, 1.807) is 6.92 Å². The van der Waals surface area contributed by atoms with Crippen LogP contribution in [0.4, 0.5) is 10.5 Å². The molecule has 0 saturated carbocycles. The molecule has 0 unspecified atom stereocenters. The largest absolute Gasteiger partial charge is 0.363 e. The van der Waals surface area contributed by atoms with E-state index in [4.69, 9.17) is 18.0 Å².